The molecule has 0 saturated carbocycles. The summed E-state index contributed by atoms with van der Waals surface area (Å²) in [6.07, 6.45) is 1.60. The van der Waals surface area contributed by atoms with Crippen LogP contribution in [0.5, 0.6) is 0 Å². The number of ether oxygens (including phenoxy) is 1. The fourth-order valence-corrected chi connectivity index (χ4v) is 4.19. The van der Waals surface area contributed by atoms with Gasteiger partial charge in [0.25, 0.3) is 0 Å². The Morgan fingerprint density at radius 2 is 1.75 bits per heavy atom. The highest BCUT2D eigenvalue weighted by Crippen LogP contribution is 2.30. The maximum Gasteiger partial charge on any atom is 0.408 e. The summed E-state index contributed by atoms with van der Waals surface area (Å²) in [5.41, 5.74) is 1.76. The summed E-state index contributed by atoms with van der Waals surface area (Å²) in [4.78, 5) is 26.4. The van der Waals surface area contributed by atoms with Gasteiger partial charge in [0.1, 0.15) is 6.10 Å². The van der Waals surface area contributed by atoms with Crippen LogP contribution < -0.4 is 5.32 Å². The van der Waals surface area contributed by atoms with Gasteiger partial charge in [0, 0.05) is 6.54 Å². The first kappa shape index (κ1) is 18.5. The second-order valence-corrected chi connectivity index (χ2v) is 7.50. The van der Waals surface area contributed by atoms with Crippen LogP contribution in [0.2, 0.25) is 0 Å². The molecular formula is C22H24N2O4. The molecule has 0 radical (unpaired) electrons. The van der Waals surface area contributed by atoms with Crippen LogP contribution in [0.25, 0.3) is 0 Å². The summed E-state index contributed by atoms with van der Waals surface area (Å²) < 4.78 is 5.77. The molecule has 0 spiro atoms. The van der Waals surface area contributed by atoms with Crippen LogP contribution in [0.4, 0.5) is 4.79 Å². The first-order chi connectivity index (χ1) is 13.6. The molecule has 146 valence electrons. The third-order valence-corrected chi connectivity index (χ3v) is 5.72. The van der Waals surface area contributed by atoms with Crippen molar-refractivity contribution in [3.05, 3.63) is 71.3 Å². The largest absolute Gasteiger partial charge is 0.478 e. The predicted molar refractivity (Wildman–Crippen MR) is 104 cm³/mol. The van der Waals surface area contributed by atoms with Gasteiger partial charge in [-0.25, -0.2) is 9.59 Å². The molecule has 2 aromatic rings. The van der Waals surface area contributed by atoms with Crippen molar-refractivity contribution < 1.29 is 19.4 Å². The zero-order valence-corrected chi connectivity index (χ0v) is 15.6. The van der Waals surface area contributed by atoms with Gasteiger partial charge in [-0.3, -0.25) is 4.90 Å². The summed E-state index contributed by atoms with van der Waals surface area (Å²) in [5.74, 6) is -0.565. The Bertz CT molecular complexity index is 847. The number of carboxylic acid groups (broad SMARTS) is 1. The van der Waals surface area contributed by atoms with Gasteiger partial charge in [-0.15, -0.1) is 0 Å². The molecule has 2 atom stereocenters. The lowest BCUT2D eigenvalue weighted by Crippen LogP contribution is -2.52. The zero-order chi connectivity index (χ0) is 19.5. The van der Waals surface area contributed by atoms with Crippen LogP contribution in [-0.4, -0.2) is 47.8 Å². The molecule has 1 amide bonds. The van der Waals surface area contributed by atoms with Crippen molar-refractivity contribution in [3.8, 4) is 0 Å². The Balaban J connectivity index is 1.53. The van der Waals surface area contributed by atoms with Gasteiger partial charge in [-0.2, -0.15) is 0 Å². The second kappa shape index (κ2) is 8.02. The average molecular weight is 380 g/mol. The number of benzene rings is 2. The van der Waals surface area contributed by atoms with E-state index in [4.69, 9.17) is 4.74 Å². The van der Waals surface area contributed by atoms with Crippen LogP contribution >= 0.6 is 0 Å². The number of rotatable bonds is 5. The van der Waals surface area contributed by atoms with E-state index in [0.29, 0.717) is 11.5 Å². The minimum absolute atomic E-state index is 0.0794. The molecule has 6 nitrogen and oxygen atoms in total. The maximum absolute atomic E-state index is 12.7. The summed E-state index contributed by atoms with van der Waals surface area (Å²) in [6.45, 7) is 2.96. The van der Waals surface area contributed by atoms with Crippen molar-refractivity contribution in [2.75, 3.05) is 19.6 Å². The lowest BCUT2D eigenvalue weighted by molar-refractivity contribution is -0.0336. The van der Waals surface area contributed by atoms with E-state index >= 15 is 0 Å². The fourth-order valence-electron chi connectivity index (χ4n) is 4.19. The molecule has 3 aliphatic heterocycles. The molecule has 0 aliphatic carbocycles. The van der Waals surface area contributed by atoms with E-state index in [-0.39, 0.29) is 11.7 Å². The number of nitrogens with one attached hydrogen (secondary N) is 1. The van der Waals surface area contributed by atoms with Crippen molar-refractivity contribution >= 4 is 12.1 Å². The number of nitrogens with zero attached hydrogens (tertiary/aromatic N) is 1. The van der Waals surface area contributed by atoms with Crippen molar-refractivity contribution in [1.82, 2.24) is 10.2 Å². The fraction of sp³-hybridized carbons (Fsp3) is 0.364. The Hall–Kier alpha value is -2.86. The molecule has 2 aromatic carbocycles. The minimum Gasteiger partial charge on any atom is -0.478 e. The second-order valence-electron chi connectivity index (χ2n) is 7.50. The zero-order valence-electron chi connectivity index (χ0n) is 15.6. The lowest BCUT2D eigenvalue weighted by atomic mass is 9.86. The smallest absolute Gasteiger partial charge is 0.408 e. The average Bonchev–Trinajstić information content (AvgIpc) is 2.73. The van der Waals surface area contributed by atoms with Crippen molar-refractivity contribution in [2.24, 2.45) is 5.92 Å². The van der Waals surface area contributed by atoms with Gasteiger partial charge >= 0.3 is 12.1 Å². The highest BCUT2D eigenvalue weighted by molar-refractivity contribution is 5.87. The van der Waals surface area contributed by atoms with Crippen molar-refractivity contribution in [1.29, 1.82) is 0 Å². The number of hydrogen-bond donors (Lipinski definition) is 2. The van der Waals surface area contributed by atoms with Gasteiger partial charge in [-0.1, -0.05) is 42.5 Å². The van der Waals surface area contributed by atoms with Gasteiger partial charge in [-0.05, 0) is 55.1 Å². The summed E-state index contributed by atoms with van der Waals surface area (Å²) in [7, 11) is 0. The van der Waals surface area contributed by atoms with Gasteiger partial charge in [0.05, 0.1) is 11.6 Å². The van der Waals surface area contributed by atoms with Gasteiger partial charge in [0.2, 0.25) is 0 Å². The molecule has 28 heavy (non-hydrogen) atoms. The Morgan fingerprint density at radius 3 is 2.39 bits per heavy atom. The maximum atomic E-state index is 12.7. The van der Waals surface area contributed by atoms with Crippen LogP contribution in [-0.2, 0) is 4.74 Å². The van der Waals surface area contributed by atoms with Crippen molar-refractivity contribution in [3.63, 3.8) is 0 Å². The van der Waals surface area contributed by atoms with Gasteiger partial charge in [0.15, 0.2) is 0 Å². The van der Waals surface area contributed by atoms with E-state index in [1.165, 1.54) is 0 Å². The molecule has 2 N–H and O–H groups in total. The molecule has 6 heteroatoms. The SMILES string of the molecule is O=C(NC(c1ccccc1)c1cccc(C(=O)O)c1)O[C@H]1CN2CCC1CC2. The molecule has 3 aliphatic rings. The number of amides is 1. The first-order valence-electron chi connectivity index (χ1n) is 9.68. The Morgan fingerprint density at radius 1 is 1.04 bits per heavy atom. The quantitative estimate of drug-likeness (QED) is 0.832. The Kier molecular flexibility index (Phi) is 5.30. The minimum atomic E-state index is -0.997. The number of alkyl carbamates (subject to hydrolysis) is 1. The number of fused-ring (bicyclic) bond motifs is 3. The van der Waals surface area contributed by atoms with Crippen molar-refractivity contribution in [2.45, 2.75) is 25.0 Å². The predicted octanol–water partition coefficient (Wildman–Crippen LogP) is 3.29. The number of piperidine rings is 3. The molecular weight excluding hydrogens is 356 g/mol. The van der Waals surface area contributed by atoms with Gasteiger partial charge < -0.3 is 15.2 Å². The van der Waals surface area contributed by atoms with Crippen LogP contribution in [0.1, 0.15) is 40.4 Å². The standard InChI is InChI=1S/C22H24N2O4/c25-21(26)18-8-4-7-17(13-18)20(16-5-2-1-3-6-16)23-22(27)28-19-14-24-11-9-15(19)10-12-24/h1-8,13,15,19-20H,9-12,14H2,(H,23,27)(H,25,26)/t19-,20?/m0/s1. The number of hydrogen-bond acceptors (Lipinski definition) is 4. The molecule has 3 saturated heterocycles. The summed E-state index contributed by atoms with van der Waals surface area (Å²) >= 11 is 0. The number of aromatic carboxylic acids is 1. The highest BCUT2D eigenvalue weighted by Gasteiger charge is 2.36. The van der Waals surface area contributed by atoms with E-state index < -0.39 is 18.1 Å². The normalized spacial score (nSPS) is 24.4. The third-order valence-electron chi connectivity index (χ3n) is 5.72. The van der Waals surface area contributed by atoms with E-state index in [1.807, 2.05) is 36.4 Å². The topological polar surface area (TPSA) is 78.9 Å². The first-order valence-corrected chi connectivity index (χ1v) is 9.68. The monoisotopic (exact) mass is 380 g/mol. The van der Waals surface area contributed by atoms with E-state index in [2.05, 4.69) is 10.2 Å². The molecule has 1 unspecified atom stereocenters. The summed E-state index contributed by atoms with van der Waals surface area (Å²) in [5, 5.41) is 12.3. The number of carbonyl (C=O) groups excluding carboxylic acids is 1. The highest BCUT2D eigenvalue weighted by atomic mass is 16.6. The lowest BCUT2D eigenvalue weighted by Gasteiger charge is -2.43. The van der Waals surface area contributed by atoms with E-state index in [0.717, 1.165) is 38.0 Å². The molecule has 0 aromatic heterocycles. The molecule has 3 heterocycles. The van der Waals surface area contributed by atoms with E-state index in [9.17, 15) is 14.7 Å². The summed E-state index contributed by atoms with van der Waals surface area (Å²) in [6, 6.07) is 15.7. The molecule has 2 bridgehead atoms. The van der Waals surface area contributed by atoms with Crippen LogP contribution in [0.15, 0.2) is 54.6 Å². The molecule has 5 rings (SSSR count). The number of carbonyl (C=O) groups is 2. The van der Waals surface area contributed by atoms with Crippen LogP contribution in [0.3, 0.4) is 0 Å². The number of carboxylic acids is 1. The molecule has 3 fully saturated rings. The van der Waals surface area contributed by atoms with Crippen LogP contribution in [0, 0.1) is 5.92 Å². The third kappa shape index (κ3) is 4.02. The van der Waals surface area contributed by atoms with E-state index in [1.54, 1.807) is 18.2 Å². The Labute approximate surface area is 164 Å².